The molecule has 1 aromatic carbocycles. The van der Waals surface area contributed by atoms with E-state index in [0.29, 0.717) is 5.69 Å². The molecule has 0 bridgehead atoms. The van der Waals surface area contributed by atoms with Gasteiger partial charge in [-0.2, -0.15) is 5.26 Å². The lowest BCUT2D eigenvalue weighted by Crippen LogP contribution is -2.43. The topological polar surface area (TPSA) is 50.0 Å². The van der Waals surface area contributed by atoms with Crippen molar-refractivity contribution in [3.8, 4) is 11.8 Å². The molecule has 0 aliphatic rings. The second kappa shape index (κ2) is 6.13. The largest absolute Gasteiger partial charge is 0.544 e. The molecule has 0 unspecified atom stereocenters. The van der Waals surface area contributed by atoms with Crippen molar-refractivity contribution >= 4 is 19.7 Å². The number of hydrogen-bond donors (Lipinski definition) is 1. The normalized spacial score (nSPS) is 11.9. The average Bonchev–Trinajstić information content (AvgIpc) is 2.79. The minimum Gasteiger partial charge on any atom is -0.544 e. The molecule has 2 rings (SSSR count). The Morgan fingerprint density at radius 2 is 1.74 bits per heavy atom. The molecule has 0 aliphatic carbocycles. The number of benzene rings is 1. The van der Waals surface area contributed by atoms with Crippen LogP contribution in [0.25, 0.3) is 0 Å². The van der Waals surface area contributed by atoms with Crippen LogP contribution in [0.4, 0.5) is 11.4 Å². The molecule has 0 aliphatic heterocycles. The van der Waals surface area contributed by atoms with Crippen LogP contribution in [0.2, 0.25) is 18.1 Å². The summed E-state index contributed by atoms with van der Waals surface area (Å²) in [5.41, 5.74) is 2.51. The Labute approximate surface area is 139 Å². The van der Waals surface area contributed by atoms with Crippen molar-refractivity contribution in [2.45, 2.75) is 38.9 Å². The molecular formula is C18H25N3OSi. The molecule has 122 valence electrons. The second-order valence-corrected chi connectivity index (χ2v) is 12.1. The van der Waals surface area contributed by atoms with Gasteiger partial charge in [-0.15, -0.1) is 0 Å². The molecule has 23 heavy (non-hydrogen) atoms. The maximum Gasteiger partial charge on any atom is 0.250 e. The first-order chi connectivity index (χ1) is 10.6. The van der Waals surface area contributed by atoms with Gasteiger partial charge in [0.2, 0.25) is 8.32 Å². The first-order valence-corrected chi connectivity index (χ1v) is 10.7. The molecular weight excluding hydrogens is 302 g/mol. The quantitative estimate of drug-likeness (QED) is 0.802. The van der Waals surface area contributed by atoms with Crippen LogP contribution < -0.4 is 9.74 Å². The van der Waals surface area contributed by atoms with E-state index < -0.39 is 8.32 Å². The summed E-state index contributed by atoms with van der Waals surface area (Å²) in [6.45, 7) is 11.2. The summed E-state index contributed by atoms with van der Waals surface area (Å²) in [4.78, 5) is 0. The van der Waals surface area contributed by atoms with Gasteiger partial charge in [0.1, 0.15) is 17.5 Å². The number of aryl methyl sites for hydroxylation is 1. The highest BCUT2D eigenvalue weighted by Crippen LogP contribution is 2.37. The number of nitrogens with one attached hydrogen (secondary N) is 1. The van der Waals surface area contributed by atoms with Crippen molar-refractivity contribution in [1.29, 1.82) is 5.26 Å². The van der Waals surface area contributed by atoms with Gasteiger partial charge in [0.05, 0.1) is 5.69 Å². The molecule has 1 N–H and O–H groups in total. The molecule has 4 nitrogen and oxygen atoms in total. The van der Waals surface area contributed by atoms with E-state index in [1.807, 2.05) is 43.6 Å². The lowest BCUT2D eigenvalue weighted by Gasteiger charge is -2.36. The van der Waals surface area contributed by atoms with Crippen molar-refractivity contribution < 1.29 is 4.43 Å². The third-order valence-electron chi connectivity index (χ3n) is 4.44. The van der Waals surface area contributed by atoms with Crippen molar-refractivity contribution in [2.75, 3.05) is 5.32 Å². The molecule has 0 saturated carbocycles. The predicted octanol–water partition coefficient (Wildman–Crippen LogP) is 5.02. The molecule has 0 amide bonds. The smallest absolute Gasteiger partial charge is 0.250 e. The fourth-order valence-electron chi connectivity index (χ4n) is 1.96. The van der Waals surface area contributed by atoms with Gasteiger partial charge in [-0.1, -0.05) is 20.8 Å². The zero-order valence-electron chi connectivity index (χ0n) is 14.8. The Bertz CT molecular complexity index is 718. The van der Waals surface area contributed by atoms with Gasteiger partial charge >= 0.3 is 0 Å². The Hall–Kier alpha value is -2.19. The van der Waals surface area contributed by atoms with E-state index in [-0.39, 0.29) is 5.04 Å². The van der Waals surface area contributed by atoms with Crippen LogP contribution in [0.1, 0.15) is 26.5 Å². The van der Waals surface area contributed by atoms with Crippen LogP contribution in [0.15, 0.2) is 36.5 Å². The van der Waals surface area contributed by atoms with Gasteiger partial charge in [-0.3, -0.25) is 0 Å². The van der Waals surface area contributed by atoms with E-state index >= 15 is 0 Å². The third-order valence-corrected chi connectivity index (χ3v) is 8.80. The maximum absolute atomic E-state index is 9.00. The molecule has 0 saturated heterocycles. The molecule has 0 atom stereocenters. The van der Waals surface area contributed by atoms with Gasteiger partial charge in [0.15, 0.2) is 0 Å². The molecule has 1 heterocycles. The van der Waals surface area contributed by atoms with Gasteiger partial charge in [0.25, 0.3) is 0 Å². The van der Waals surface area contributed by atoms with Crippen LogP contribution in [-0.4, -0.2) is 12.9 Å². The van der Waals surface area contributed by atoms with Gasteiger partial charge in [-0.25, -0.2) is 0 Å². The number of nitrogens with zero attached hydrogens (tertiary/aromatic N) is 2. The van der Waals surface area contributed by atoms with Crippen LogP contribution >= 0.6 is 0 Å². The fraction of sp³-hybridized carbons (Fsp3) is 0.389. The maximum atomic E-state index is 9.00. The fourth-order valence-corrected chi connectivity index (χ4v) is 3.00. The average molecular weight is 328 g/mol. The van der Waals surface area contributed by atoms with E-state index in [0.717, 1.165) is 17.1 Å². The van der Waals surface area contributed by atoms with E-state index in [2.05, 4.69) is 45.3 Å². The summed E-state index contributed by atoms with van der Waals surface area (Å²) in [6, 6.07) is 12.0. The second-order valence-electron chi connectivity index (χ2n) is 7.35. The van der Waals surface area contributed by atoms with Crippen LogP contribution in [-0.2, 0) is 7.05 Å². The van der Waals surface area contributed by atoms with Crippen molar-refractivity contribution in [2.24, 2.45) is 7.05 Å². The summed E-state index contributed by atoms with van der Waals surface area (Å²) < 4.78 is 8.08. The van der Waals surface area contributed by atoms with Gasteiger partial charge in [-0.05, 0) is 48.5 Å². The molecule has 2 aromatic rings. The van der Waals surface area contributed by atoms with Crippen molar-refractivity contribution in [1.82, 2.24) is 4.57 Å². The molecule has 0 spiro atoms. The summed E-state index contributed by atoms with van der Waals surface area (Å²) in [6.07, 6.45) is 1.90. The standard InChI is InChI=1S/C18H25N3OSi/c1-18(2,3)23(5,6)22-17-9-7-14(8-10-17)20-15-11-16(12-19)21(4)13-15/h7-11,13,20H,1-6H3. The lowest BCUT2D eigenvalue weighted by molar-refractivity contribution is 0.492. The first-order valence-electron chi connectivity index (χ1n) is 7.75. The lowest BCUT2D eigenvalue weighted by atomic mass is 10.2. The zero-order valence-corrected chi connectivity index (χ0v) is 15.8. The number of anilines is 2. The minimum atomic E-state index is -1.81. The summed E-state index contributed by atoms with van der Waals surface area (Å²) in [5, 5.41) is 12.5. The number of nitriles is 1. The summed E-state index contributed by atoms with van der Waals surface area (Å²) in [5.74, 6) is 0.910. The Kier molecular flexibility index (Phi) is 4.57. The SMILES string of the molecule is Cn1cc(Nc2ccc(O[Si](C)(C)C(C)(C)C)cc2)cc1C#N. The van der Waals surface area contributed by atoms with Crippen molar-refractivity contribution in [3.63, 3.8) is 0 Å². The molecule has 0 fully saturated rings. The highest BCUT2D eigenvalue weighted by atomic mass is 28.4. The molecule has 0 radical (unpaired) electrons. The molecule has 5 heteroatoms. The number of aromatic nitrogens is 1. The Balaban J connectivity index is 2.09. The van der Waals surface area contributed by atoms with Crippen molar-refractivity contribution in [3.05, 3.63) is 42.2 Å². The van der Waals surface area contributed by atoms with Crippen LogP contribution in [0.3, 0.4) is 0 Å². The first kappa shape index (κ1) is 17.2. The highest BCUT2D eigenvalue weighted by molar-refractivity contribution is 6.74. The van der Waals surface area contributed by atoms with E-state index in [4.69, 9.17) is 9.69 Å². The van der Waals surface area contributed by atoms with Gasteiger partial charge < -0.3 is 14.3 Å². The highest BCUT2D eigenvalue weighted by Gasteiger charge is 2.38. The summed E-state index contributed by atoms with van der Waals surface area (Å²) >= 11 is 0. The monoisotopic (exact) mass is 327 g/mol. The third kappa shape index (κ3) is 3.96. The Morgan fingerprint density at radius 1 is 1.13 bits per heavy atom. The number of hydrogen-bond acceptors (Lipinski definition) is 3. The van der Waals surface area contributed by atoms with Gasteiger partial charge in [0, 0.05) is 18.9 Å². The zero-order chi connectivity index (χ0) is 17.3. The van der Waals surface area contributed by atoms with E-state index in [1.54, 1.807) is 4.57 Å². The Morgan fingerprint density at radius 3 is 2.22 bits per heavy atom. The molecule has 1 aromatic heterocycles. The van der Waals surface area contributed by atoms with Crippen LogP contribution in [0.5, 0.6) is 5.75 Å². The minimum absolute atomic E-state index is 0.182. The predicted molar refractivity (Wildman–Crippen MR) is 97.7 cm³/mol. The summed E-state index contributed by atoms with van der Waals surface area (Å²) in [7, 11) is 0.0549. The van der Waals surface area contributed by atoms with E-state index in [1.165, 1.54) is 0 Å². The number of rotatable bonds is 4. The van der Waals surface area contributed by atoms with Crippen LogP contribution in [0, 0.1) is 11.3 Å². The van der Waals surface area contributed by atoms with E-state index in [9.17, 15) is 0 Å².